The molecule has 0 radical (unpaired) electrons. The van der Waals surface area contributed by atoms with Crippen LogP contribution in [0.2, 0.25) is 10.0 Å². The summed E-state index contributed by atoms with van der Waals surface area (Å²) >= 11 is 12.4. The van der Waals surface area contributed by atoms with E-state index in [1.54, 1.807) is 24.3 Å². The molecule has 3 rings (SSSR count). The summed E-state index contributed by atoms with van der Waals surface area (Å²) in [6.45, 7) is 1.52. The molecule has 0 saturated heterocycles. The van der Waals surface area contributed by atoms with Crippen LogP contribution in [0, 0.1) is 0 Å². The van der Waals surface area contributed by atoms with Crippen LogP contribution in [0.4, 0.5) is 5.69 Å². The predicted octanol–water partition coefficient (Wildman–Crippen LogP) is 4.62. The van der Waals surface area contributed by atoms with Gasteiger partial charge in [-0.3, -0.25) is 14.5 Å². The summed E-state index contributed by atoms with van der Waals surface area (Å²) < 4.78 is 0. The number of anilines is 1. The van der Waals surface area contributed by atoms with Crippen molar-refractivity contribution in [3.63, 3.8) is 0 Å². The smallest absolute Gasteiger partial charge is 0.224 e. The zero-order valence-electron chi connectivity index (χ0n) is 17.6. The second kappa shape index (κ2) is 11.7. The topological polar surface area (TPSA) is 75.4 Å². The molecular weight excluding hydrogens is 445 g/mol. The van der Waals surface area contributed by atoms with Gasteiger partial charge >= 0.3 is 0 Å². The molecule has 166 valence electrons. The first-order valence-corrected chi connectivity index (χ1v) is 11.0. The van der Waals surface area contributed by atoms with Gasteiger partial charge in [-0.05, 0) is 23.3 Å². The van der Waals surface area contributed by atoms with E-state index in [-0.39, 0.29) is 18.2 Å². The van der Waals surface area contributed by atoms with Crippen LogP contribution in [0.5, 0.6) is 0 Å². The van der Waals surface area contributed by atoms with E-state index >= 15 is 0 Å². The number of hydrogen-bond donors (Lipinski definition) is 2. The minimum absolute atomic E-state index is 0.00569. The van der Waals surface area contributed by atoms with Crippen LogP contribution in [0.1, 0.15) is 21.5 Å². The normalized spacial score (nSPS) is 10.8. The van der Waals surface area contributed by atoms with Crippen LogP contribution in [0.25, 0.3) is 0 Å². The lowest BCUT2D eigenvalue weighted by molar-refractivity contribution is -0.120. The number of nitrogens with two attached hydrogens (primary N) is 1. The molecule has 0 heterocycles. The number of rotatable bonds is 10. The van der Waals surface area contributed by atoms with Crippen molar-refractivity contribution >= 4 is 40.6 Å². The Morgan fingerprint density at radius 1 is 0.875 bits per heavy atom. The van der Waals surface area contributed by atoms with Gasteiger partial charge in [0.05, 0.1) is 28.7 Å². The summed E-state index contributed by atoms with van der Waals surface area (Å²) in [6.07, 6.45) is 0.312. The molecule has 3 aromatic rings. The highest BCUT2D eigenvalue weighted by Gasteiger charge is 2.15. The lowest BCUT2D eigenvalue weighted by Crippen LogP contribution is -2.37. The molecule has 3 N–H and O–H groups in total. The SMILES string of the molecule is Nc1c(Cl)cc(CN(CCNC(=O)Cc2ccccc2)CC(=O)c2ccccc2)cc1Cl. The molecule has 3 aromatic carbocycles. The average molecular weight is 470 g/mol. The lowest BCUT2D eigenvalue weighted by atomic mass is 10.1. The van der Waals surface area contributed by atoms with Crippen LogP contribution in [-0.2, 0) is 17.8 Å². The van der Waals surface area contributed by atoms with Gasteiger partial charge in [0.2, 0.25) is 5.91 Å². The Hall–Kier alpha value is -2.86. The zero-order chi connectivity index (χ0) is 22.9. The third kappa shape index (κ3) is 7.09. The Bertz CT molecular complexity index is 1040. The number of carbonyl (C=O) groups is 2. The fraction of sp³-hybridized carbons (Fsp3) is 0.200. The monoisotopic (exact) mass is 469 g/mol. The molecule has 32 heavy (non-hydrogen) atoms. The van der Waals surface area contributed by atoms with E-state index in [9.17, 15) is 9.59 Å². The van der Waals surface area contributed by atoms with Gasteiger partial charge in [-0.1, -0.05) is 83.9 Å². The van der Waals surface area contributed by atoms with E-state index in [1.165, 1.54) is 0 Å². The van der Waals surface area contributed by atoms with Crippen LogP contribution in [0.3, 0.4) is 0 Å². The summed E-state index contributed by atoms with van der Waals surface area (Å²) in [5.41, 5.74) is 8.59. The summed E-state index contributed by atoms with van der Waals surface area (Å²) in [6, 6.07) is 22.2. The Morgan fingerprint density at radius 2 is 1.47 bits per heavy atom. The maximum absolute atomic E-state index is 12.8. The number of Topliss-reactive ketones (excluding diaryl/α,β-unsaturated/α-hetero) is 1. The van der Waals surface area contributed by atoms with E-state index in [1.807, 2.05) is 53.4 Å². The number of nitrogen functional groups attached to an aromatic ring is 1. The molecule has 0 spiro atoms. The van der Waals surface area contributed by atoms with E-state index in [2.05, 4.69) is 5.32 Å². The van der Waals surface area contributed by atoms with E-state index < -0.39 is 0 Å². The number of hydrogen-bond acceptors (Lipinski definition) is 4. The quantitative estimate of drug-likeness (QED) is 0.335. The fourth-order valence-electron chi connectivity index (χ4n) is 3.32. The number of nitrogens with zero attached hydrogens (tertiary/aromatic N) is 1. The maximum atomic E-state index is 12.8. The van der Waals surface area contributed by atoms with Crippen molar-refractivity contribution < 1.29 is 9.59 Å². The van der Waals surface area contributed by atoms with Crippen molar-refractivity contribution in [1.29, 1.82) is 0 Å². The van der Waals surface area contributed by atoms with Gasteiger partial charge in [-0.2, -0.15) is 0 Å². The summed E-state index contributed by atoms with van der Waals surface area (Å²) in [7, 11) is 0. The molecule has 0 saturated carbocycles. The Balaban J connectivity index is 1.64. The standard InChI is InChI=1S/C25H25Cl2N3O2/c26-21-13-19(14-22(27)25(21)28)16-30(17-23(31)20-9-5-2-6-10-20)12-11-29-24(32)15-18-7-3-1-4-8-18/h1-10,13-14H,11-12,15-17,28H2,(H,29,32). The largest absolute Gasteiger partial charge is 0.396 e. The van der Waals surface area contributed by atoms with Crippen LogP contribution in [0.15, 0.2) is 72.8 Å². The number of amides is 1. The van der Waals surface area contributed by atoms with Gasteiger partial charge in [-0.15, -0.1) is 0 Å². The molecule has 0 bridgehead atoms. The highest BCUT2D eigenvalue weighted by atomic mass is 35.5. The van der Waals surface area contributed by atoms with Crippen molar-refractivity contribution in [2.24, 2.45) is 0 Å². The predicted molar refractivity (Wildman–Crippen MR) is 130 cm³/mol. The lowest BCUT2D eigenvalue weighted by Gasteiger charge is -2.22. The molecule has 0 atom stereocenters. The first kappa shape index (κ1) is 23.8. The third-order valence-electron chi connectivity index (χ3n) is 4.97. The van der Waals surface area contributed by atoms with Crippen molar-refractivity contribution in [2.75, 3.05) is 25.4 Å². The molecule has 0 aliphatic rings. The first-order chi connectivity index (χ1) is 15.4. The molecular formula is C25H25Cl2N3O2. The summed E-state index contributed by atoms with van der Waals surface area (Å²) in [4.78, 5) is 27.0. The fourth-order valence-corrected chi connectivity index (χ4v) is 3.85. The summed E-state index contributed by atoms with van der Waals surface area (Å²) in [5, 5.41) is 3.67. The minimum Gasteiger partial charge on any atom is -0.396 e. The second-order valence-corrected chi connectivity index (χ2v) is 8.30. The highest BCUT2D eigenvalue weighted by Crippen LogP contribution is 2.29. The molecule has 0 fully saturated rings. The van der Waals surface area contributed by atoms with E-state index in [4.69, 9.17) is 28.9 Å². The van der Waals surface area contributed by atoms with Crippen molar-refractivity contribution in [1.82, 2.24) is 10.2 Å². The van der Waals surface area contributed by atoms with Gasteiger partial charge < -0.3 is 11.1 Å². The molecule has 0 aliphatic heterocycles. The number of benzene rings is 3. The average Bonchev–Trinajstić information content (AvgIpc) is 2.78. The van der Waals surface area contributed by atoms with Crippen molar-refractivity contribution in [3.05, 3.63) is 99.5 Å². The van der Waals surface area contributed by atoms with Gasteiger partial charge in [-0.25, -0.2) is 0 Å². The number of carbonyl (C=O) groups excluding carboxylic acids is 2. The van der Waals surface area contributed by atoms with Gasteiger partial charge in [0.25, 0.3) is 0 Å². The van der Waals surface area contributed by atoms with Gasteiger partial charge in [0, 0.05) is 25.2 Å². The Kier molecular flexibility index (Phi) is 8.68. The van der Waals surface area contributed by atoms with Crippen molar-refractivity contribution in [2.45, 2.75) is 13.0 Å². The third-order valence-corrected chi connectivity index (χ3v) is 5.59. The second-order valence-electron chi connectivity index (χ2n) is 7.49. The number of ketones is 1. The Morgan fingerprint density at radius 3 is 2.09 bits per heavy atom. The molecule has 1 amide bonds. The van der Waals surface area contributed by atoms with Gasteiger partial charge in [0.15, 0.2) is 5.78 Å². The highest BCUT2D eigenvalue weighted by molar-refractivity contribution is 6.38. The molecule has 5 nitrogen and oxygen atoms in total. The maximum Gasteiger partial charge on any atom is 0.224 e. The number of halogens is 2. The first-order valence-electron chi connectivity index (χ1n) is 10.3. The van der Waals surface area contributed by atoms with Crippen LogP contribution in [-0.4, -0.2) is 36.2 Å². The van der Waals surface area contributed by atoms with Crippen molar-refractivity contribution in [3.8, 4) is 0 Å². The Labute approximate surface area is 198 Å². The van der Waals surface area contributed by atoms with E-state index in [0.29, 0.717) is 47.4 Å². The minimum atomic E-state index is -0.0656. The van der Waals surface area contributed by atoms with Crippen LogP contribution < -0.4 is 11.1 Å². The van der Waals surface area contributed by atoms with Gasteiger partial charge in [0.1, 0.15) is 0 Å². The summed E-state index contributed by atoms with van der Waals surface area (Å²) in [5.74, 6) is -0.0713. The number of nitrogens with one attached hydrogen (secondary N) is 1. The molecule has 0 unspecified atom stereocenters. The van der Waals surface area contributed by atoms with E-state index in [0.717, 1.165) is 11.1 Å². The molecule has 0 aromatic heterocycles. The zero-order valence-corrected chi connectivity index (χ0v) is 19.1. The molecule has 7 heteroatoms. The van der Waals surface area contributed by atoms with Crippen LogP contribution >= 0.6 is 23.2 Å². The molecule has 0 aliphatic carbocycles.